The largest absolute Gasteiger partial charge is 0.496 e. The van der Waals surface area contributed by atoms with Gasteiger partial charge in [0.25, 0.3) is 0 Å². The number of methoxy groups -OCH3 is 3. The summed E-state index contributed by atoms with van der Waals surface area (Å²) in [5.41, 5.74) is 9.29. The monoisotopic (exact) mass is 518 g/mol. The molecule has 0 saturated carbocycles. The highest BCUT2D eigenvalue weighted by molar-refractivity contribution is 5.90. The van der Waals surface area contributed by atoms with E-state index in [9.17, 15) is 4.79 Å². The van der Waals surface area contributed by atoms with Gasteiger partial charge < -0.3 is 30.0 Å². The van der Waals surface area contributed by atoms with Crippen LogP contribution in [0.25, 0.3) is 10.9 Å². The lowest BCUT2D eigenvalue weighted by molar-refractivity contribution is -0.116. The normalized spacial score (nSPS) is 11.6. The fourth-order valence-corrected chi connectivity index (χ4v) is 3.97. The van der Waals surface area contributed by atoms with Gasteiger partial charge in [0.15, 0.2) is 17.2 Å². The molecule has 2 aromatic heterocycles. The van der Waals surface area contributed by atoms with Gasteiger partial charge in [0.1, 0.15) is 18.6 Å². The van der Waals surface area contributed by atoms with Crippen molar-refractivity contribution in [3.8, 4) is 28.9 Å². The Labute approximate surface area is 220 Å². The van der Waals surface area contributed by atoms with E-state index in [2.05, 4.69) is 27.0 Å². The molecule has 0 aliphatic rings. The molecule has 38 heavy (non-hydrogen) atoms. The number of benzene rings is 2. The molecule has 2 heterocycles. The van der Waals surface area contributed by atoms with E-state index in [0.29, 0.717) is 51.9 Å². The Bertz CT molecular complexity index is 1470. The van der Waals surface area contributed by atoms with E-state index in [1.165, 1.54) is 17.2 Å². The SMILES string of the molecule is C=C(C)CC(N)c1cc(NC(=O)Cn2cc(Oc3ncnc4cc(OC)c(OC)cc34)cn2)ccc1OC. The summed E-state index contributed by atoms with van der Waals surface area (Å²) in [5, 5.41) is 7.75. The van der Waals surface area contributed by atoms with Crippen molar-refractivity contribution < 1.29 is 23.7 Å². The fraction of sp³-hybridized carbons (Fsp3) is 0.259. The van der Waals surface area contributed by atoms with Crippen LogP contribution in [0.15, 0.2) is 61.2 Å². The molecule has 0 saturated heterocycles. The van der Waals surface area contributed by atoms with Gasteiger partial charge in [0, 0.05) is 23.4 Å². The molecule has 0 bridgehead atoms. The fourth-order valence-electron chi connectivity index (χ4n) is 3.97. The van der Waals surface area contributed by atoms with Crippen LogP contribution in [0, 0.1) is 0 Å². The summed E-state index contributed by atoms with van der Waals surface area (Å²) in [6.07, 6.45) is 5.11. The second kappa shape index (κ2) is 11.6. The van der Waals surface area contributed by atoms with Crippen LogP contribution < -0.4 is 30.0 Å². The van der Waals surface area contributed by atoms with Crippen molar-refractivity contribution in [1.29, 1.82) is 0 Å². The summed E-state index contributed by atoms with van der Waals surface area (Å²) in [7, 11) is 4.69. The number of carbonyl (C=O) groups is 1. The molecule has 3 N–H and O–H groups in total. The number of ether oxygens (including phenoxy) is 4. The zero-order valence-electron chi connectivity index (χ0n) is 21.7. The molecule has 0 radical (unpaired) electrons. The summed E-state index contributed by atoms with van der Waals surface area (Å²) in [6.45, 7) is 5.81. The number of carbonyl (C=O) groups excluding carboxylic acids is 1. The number of aromatic nitrogens is 4. The van der Waals surface area contributed by atoms with Gasteiger partial charge in [0.05, 0.1) is 44.6 Å². The molecule has 0 aliphatic heterocycles. The van der Waals surface area contributed by atoms with Crippen LogP contribution in [0.1, 0.15) is 24.9 Å². The van der Waals surface area contributed by atoms with Gasteiger partial charge in [-0.3, -0.25) is 9.48 Å². The summed E-state index contributed by atoms with van der Waals surface area (Å²) in [5.74, 6) is 2.17. The Morgan fingerprint density at radius 3 is 2.53 bits per heavy atom. The van der Waals surface area contributed by atoms with E-state index in [1.54, 1.807) is 51.8 Å². The third-order valence-electron chi connectivity index (χ3n) is 5.72. The summed E-state index contributed by atoms with van der Waals surface area (Å²) in [6, 6.07) is 8.53. The highest BCUT2D eigenvalue weighted by Gasteiger charge is 2.16. The van der Waals surface area contributed by atoms with E-state index in [0.717, 1.165) is 11.1 Å². The Morgan fingerprint density at radius 2 is 1.82 bits per heavy atom. The average Bonchev–Trinajstić information content (AvgIpc) is 3.33. The number of nitrogens with one attached hydrogen (secondary N) is 1. The summed E-state index contributed by atoms with van der Waals surface area (Å²) in [4.78, 5) is 21.2. The van der Waals surface area contributed by atoms with Crippen molar-refractivity contribution in [2.45, 2.75) is 25.9 Å². The average molecular weight is 519 g/mol. The molecule has 0 aliphatic carbocycles. The Morgan fingerprint density at radius 1 is 1.08 bits per heavy atom. The molecule has 1 amide bonds. The van der Waals surface area contributed by atoms with Crippen LogP contribution in [-0.4, -0.2) is 47.0 Å². The van der Waals surface area contributed by atoms with Crippen LogP contribution >= 0.6 is 0 Å². The van der Waals surface area contributed by atoms with Crippen molar-refractivity contribution in [1.82, 2.24) is 19.7 Å². The highest BCUT2D eigenvalue weighted by atomic mass is 16.5. The number of hydrogen-bond acceptors (Lipinski definition) is 9. The maximum Gasteiger partial charge on any atom is 0.246 e. The van der Waals surface area contributed by atoms with Gasteiger partial charge in [-0.25, -0.2) is 9.97 Å². The van der Waals surface area contributed by atoms with Crippen molar-refractivity contribution in [2.75, 3.05) is 26.6 Å². The lowest BCUT2D eigenvalue weighted by Crippen LogP contribution is -2.19. The number of nitrogens with two attached hydrogens (primary N) is 1. The number of hydrogen-bond donors (Lipinski definition) is 2. The summed E-state index contributed by atoms with van der Waals surface area (Å²) >= 11 is 0. The molecule has 1 unspecified atom stereocenters. The molecule has 0 fully saturated rings. The third kappa shape index (κ3) is 6.01. The maximum atomic E-state index is 12.7. The minimum absolute atomic E-state index is 0.0297. The highest BCUT2D eigenvalue weighted by Crippen LogP contribution is 2.35. The van der Waals surface area contributed by atoms with E-state index in [-0.39, 0.29) is 18.5 Å². The van der Waals surface area contributed by atoms with Gasteiger partial charge in [-0.1, -0.05) is 5.57 Å². The van der Waals surface area contributed by atoms with Crippen LogP contribution in [0.4, 0.5) is 5.69 Å². The van der Waals surface area contributed by atoms with Crippen LogP contribution in [0.2, 0.25) is 0 Å². The molecule has 11 heteroatoms. The second-order valence-electron chi connectivity index (χ2n) is 8.65. The predicted octanol–water partition coefficient (Wildman–Crippen LogP) is 4.25. The second-order valence-corrected chi connectivity index (χ2v) is 8.65. The Kier molecular flexibility index (Phi) is 8.07. The number of nitrogens with zero attached hydrogens (tertiary/aromatic N) is 4. The Hall–Kier alpha value is -4.64. The zero-order valence-corrected chi connectivity index (χ0v) is 21.7. The number of anilines is 1. The third-order valence-corrected chi connectivity index (χ3v) is 5.72. The van der Waals surface area contributed by atoms with Gasteiger partial charge in [-0.2, -0.15) is 5.10 Å². The van der Waals surface area contributed by atoms with Gasteiger partial charge in [-0.05, 0) is 37.6 Å². The van der Waals surface area contributed by atoms with Crippen molar-refractivity contribution in [3.63, 3.8) is 0 Å². The summed E-state index contributed by atoms with van der Waals surface area (Å²) < 4.78 is 23.6. The number of amides is 1. The first-order chi connectivity index (χ1) is 18.3. The lowest BCUT2D eigenvalue weighted by Gasteiger charge is -2.17. The number of rotatable bonds is 11. The molecular formula is C27H30N6O5. The lowest BCUT2D eigenvalue weighted by atomic mass is 9.99. The van der Waals surface area contributed by atoms with Crippen LogP contribution in [0.5, 0.6) is 28.9 Å². The Balaban J connectivity index is 1.46. The zero-order chi connectivity index (χ0) is 27.2. The molecule has 0 spiro atoms. The minimum atomic E-state index is -0.302. The smallest absolute Gasteiger partial charge is 0.246 e. The first-order valence-corrected chi connectivity index (χ1v) is 11.8. The minimum Gasteiger partial charge on any atom is -0.496 e. The van der Waals surface area contributed by atoms with E-state index >= 15 is 0 Å². The van der Waals surface area contributed by atoms with E-state index < -0.39 is 0 Å². The quantitative estimate of drug-likeness (QED) is 0.279. The van der Waals surface area contributed by atoms with Gasteiger partial charge in [-0.15, -0.1) is 6.58 Å². The van der Waals surface area contributed by atoms with E-state index in [4.69, 9.17) is 24.7 Å². The molecule has 11 nitrogen and oxygen atoms in total. The molecule has 4 rings (SSSR count). The number of fused-ring (bicyclic) bond motifs is 1. The molecule has 4 aromatic rings. The topological polar surface area (TPSA) is 136 Å². The first-order valence-electron chi connectivity index (χ1n) is 11.8. The van der Waals surface area contributed by atoms with Gasteiger partial charge in [0.2, 0.25) is 11.8 Å². The standard InChI is InChI=1S/C27H30N6O5/c1-16(2)8-21(28)19-9-17(6-7-23(19)35-3)32-26(34)14-33-13-18(12-31-33)38-27-20-10-24(36-4)25(37-5)11-22(20)29-15-30-27/h6-7,9-13,15,21H,1,8,14,28H2,2-5H3,(H,32,34). The molecule has 2 aromatic carbocycles. The van der Waals surface area contributed by atoms with Crippen molar-refractivity contribution in [3.05, 3.63) is 66.8 Å². The first kappa shape index (κ1) is 26.4. The van der Waals surface area contributed by atoms with Crippen LogP contribution in [0.3, 0.4) is 0 Å². The molecular weight excluding hydrogens is 488 g/mol. The molecule has 1 atom stereocenters. The van der Waals surface area contributed by atoms with Gasteiger partial charge >= 0.3 is 0 Å². The van der Waals surface area contributed by atoms with Crippen LogP contribution in [-0.2, 0) is 11.3 Å². The maximum absolute atomic E-state index is 12.7. The predicted molar refractivity (Wildman–Crippen MR) is 143 cm³/mol. The molecule has 198 valence electrons. The van der Waals surface area contributed by atoms with Crippen molar-refractivity contribution in [2.24, 2.45) is 5.73 Å². The van der Waals surface area contributed by atoms with Crippen molar-refractivity contribution >= 4 is 22.5 Å². The van der Waals surface area contributed by atoms with E-state index in [1.807, 2.05) is 13.0 Å².